The molecule has 1 aromatic heterocycles. The van der Waals surface area contributed by atoms with E-state index in [0.717, 1.165) is 22.2 Å². The molecule has 2 aromatic carbocycles. The van der Waals surface area contributed by atoms with E-state index in [1.54, 1.807) is 31.4 Å². The van der Waals surface area contributed by atoms with Gasteiger partial charge in [0.05, 0.1) is 7.11 Å². The van der Waals surface area contributed by atoms with Crippen molar-refractivity contribution in [1.82, 2.24) is 15.6 Å². The van der Waals surface area contributed by atoms with Crippen LogP contribution in [0.4, 0.5) is 0 Å². The third-order valence-electron chi connectivity index (χ3n) is 4.05. The van der Waals surface area contributed by atoms with E-state index in [1.165, 1.54) is 0 Å². The molecular formula is C20H21N3O3. The lowest BCUT2D eigenvalue weighted by atomic mass is 10.1. The van der Waals surface area contributed by atoms with Crippen molar-refractivity contribution >= 4 is 22.7 Å². The summed E-state index contributed by atoms with van der Waals surface area (Å²) in [7, 11) is 1.60. The number of aromatic amines is 1. The number of hydrogen-bond acceptors (Lipinski definition) is 3. The molecular weight excluding hydrogens is 330 g/mol. The van der Waals surface area contributed by atoms with Crippen molar-refractivity contribution in [2.75, 3.05) is 13.7 Å². The van der Waals surface area contributed by atoms with Crippen LogP contribution in [0.25, 0.3) is 10.9 Å². The van der Waals surface area contributed by atoms with E-state index in [4.69, 9.17) is 4.74 Å². The summed E-state index contributed by atoms with van der Waals surface area (Å²) in [6.07, 6.45) is 0. The maximum Gasteiger partial charge on any atom is 0.267 e. The number of aromatic nitrogens is 1. The predicted octanol–water partition coefficient (Wildman–Crippen LogP) is 2.86. The lowest BCUT2D eigenvalue weighted by Crippen LogP contribution is -2.24. The maximum atomic E-state index is 12.4. The summed E-state index contributed by atoms with van der Waals surface area (Å²) in [5.41, 5.74) is 2.76. The van der Waals surface area contributed by atoms with Crippen LogP contribution in [0.3, 0.4) is 0 Å². The van der Waals surface area contributed by atoms with Gasteiger partial charge in [0.2, 0.25) is 0 Å². The minimum Gasteiger partial charge on any atom is -0.497 e. The summed E-state index contributed by atoms with van der Waals surface area (Å²) in [5.74, 6) is 0.405. The van der Waals surface area contributed by atoms with Crippen molar-refractivity contribution in [3.8, 4) is 5.75 Å². The van der Waals surface area contributed by atoms with Gasteiger partial charge in [-0.2, -0.15) is 0 Å². The highest BCUT2D eigenvalue weighted by molar-refractivity contribution is 5.98. The first kappa shape index (κ1) is 17.5. The van der Waals surface area contributed by atoms with Gasteiger partial charge < -0.3 is 20.4 Å². The lowest BCUT2D eigenvalue weighted by Gasteiger charge is -2.07. The summed E-state index contributed by atoms with van der Waals surface area (Å²) in [6, 6.07) is 14.6. The summed E-state index contributed by atoms with van der Waals surface area (Å²) < 4.78 is 5.19. The molecule has 0 aliphatic rings. The van der Waals surface area contributed by atoms with Gasteiger partial charge in [0.25, 0.3) is 11.8 Å². The zero-order valence-corrected chi connectivity index (χ0v) is 14.8. The van der Waals surface area contributed by atoms with Gasteiger partial charge in [-0.25, -0.2) is 0 Å². The maximum absolute atomic E-state index is 12.4. The van der Waals surface area contributed by atoms with Gasteiger partial charge >= 0.3 is 0 Å². The van der Waals surface area contributed by atoms with Gasteiger partial charge in [0.15, 0.2) is 0 Å². The molecule has 3 rings (SSSR count). The fraction of sp³-hybridized carbons (Fsp3) is 0.200. The standard InChI is InChI=1S/C20H21N3O3/c1-3-21-19(24)15-6-4-5-13(9-15)12-22-20(25)18-10-14-7-8-16(26-2)11-17(14)23-18/h4-11,23H,3,12H2,1-2H3,(H,21,24)(H,22,25). The molecule has 0 radical (unpaired) electrons. The van der Waals surface area contributed by atoms with Crippen molar-refractivity contribution in [3.63, 3.8) is 0 Å². The second-order valence-electron chi connectivity index (χ2n) is 5.88. The van der Waals surface area contributed by atoms with Gasteiger partial charge in [-0.05, 0) is 42.8 Å². The SMILES string of the molecule is CCNC(=O)c1cccc(CNC(=O)c2cc3ccc(OC)cc3[nH]2)c1. The monoisotopic (exact) mass is 351 g/mol. The van der Waals surface area contributed by atoms with Crippen LogP contribution in [0.1, 0.15) is 33.3 Å². The minimum absolute atomic E-state index is 0.120. The van der Waals surface area contributed by atoms with Crippen LogP contribution in [0.15, 0.2) is 48.5 Å². The molecule has 0 saturated carbocycles. The Hall–Kier alpha value is -3.28. The molecule has 2 amide bonds. The van der Waals surface area contributed by atoms with Gasteiger partial charge in [-0.1, -0.05) is 12.1 Å². The van der Waals surface area contributed by atoms with Crippen LogP contribution in [0.5, 0.6) is 5.75 Å². The van der Waals surface area contributed by atoms with Crippen LogP contribution < -0.4 is 15.4 Å². The third-order valence-corrected chi connectivity index (χ3v) is 4.05. The summed E-state index contributed by atoms with van der Waals surface area (Å²) in [6.45, 7) is 2.79. The quantitative estimate of drug-likeness (QED) is 0.638. The first-order chi connectivity index (χ1) is 12.6. The molecule has 0 unspecified atom stereocenters. The molecule has 0 bridgehead atoms. The fourth-order valence-electron chi connectivity index (χ4n) is 2.72. The Morgan fingerprint density at radius 2 is 1.88 bits per heavy atom. The topological polar surface area (TPSA) is 83.2 Å². The molecule has 134 valence electrons. The zero-order valence-electron chi connectivity index (χ0n) is 14.8. The Labute approximate surface area is 151 Å². The first-order valence-electron chi connectivity index (χ1n) is 8.43. The molecule has 6 nitrogen and oxygen atoms in total. The number of hydrogen-bond donors (Lipinski definition) is 3. The highest BCUT2D eigenvalue weighted by atomic mass is 16.5. The van der Waals surface area contributed by atoms with Gasteiger partial charge in [0.1, 0.15) is 11.4 Å². The van der Waals surface area contributed by atoms with Crippen LogP contribution in [-0.2, 0) is 6.54 Å². The van der Waals surface area contributed by atoms with Crippen molar-refractivity contribution in [2.45, 2.75) is 13.5 Å². The van der Waals surface area contributed by atoms with E-state index in [1.807, 2.05) is 31.2 Å². The zero-order chi connectivity index (χ0) is 18.5. The van der Waals surface area contributed by atoms with Crippen LogP contribution in [-0.4, -0.2) is 30.5 Å². The highest BCUT2D eigenvalue weighted by Crippen LogP contribution is 2.21. The van der Waals surface area contributed by atoms with E-state index in [9.17, 15) is 9.59 Å². The van der Waals surface area contributed by atoms with Gasteiger partial charge in [-0.15, -0.1) is 0 Å². The molecule has 0 aliphatic carbocycles. The number of carbonyl (C=O) groups excluding carboxylic acids is 2. The number of methoxy groups -OCH3 is 1. The number of amides is 2. The Balaban J connectivity index is 1.69. The van der Waals surface area contributed by atoms with Crippen molar-refractivity contribution < 1.29 is 14.3 Å². The van der Waals surface area contributed by atoms with Crippen LogP contribution >= 0.6 is 0 Å². The molecule has 0 saturated heterocycles. The predicted molar refractivity (Wildman–Crippen MR) is 100 cm³/mol. The molecule has 1 heterocycles. The van der Waals surface area contributed by atoms with Crippen LogP contribution in [0.2, 0.25) is 0 Å². The minimum atomic E-state index is -0.205. The molecule has 0 fully saturated rings. The fourth-order valence-corrected chi connectivity index (χ4v) is 2.72. The Bertz CT molecular complexity index is 946. The van der Waals surface area contributed by atoms with E-state index in [2.05, 4.69) is 15.6 Å². The second-order valence-corrected chi connectivity index (χ2v) is 5.88. The first-order valence-corrected chi connectivity index (χ1v) is 8.43. The summed E-state index contributed by atoms with van der Waals surface area (Å²) >= 11 is 0. The van der Waals surface area contributed by atoms with Crippen molar-refractivity contribution in [3.05, 3.63) is 65.4 Å². The number of H-pyrrole nitrogens is 1. The molecule has 3 aromatic rings. The summed E-state index contributed by atoms with van der Waals surface area (Å²) in [4.78, 5) is 27.4. The number of rotatable bonds is 6. The van der Waals surface area contributed by atoms with E-state index < -0.39 is 0 Å². The van der Waals surface area contributed by atoms with Crippen molar-refractivity contribution in [1.29, 1.82) is 0 Å². The number of nitrogens with one attached hydrogen (secondary N) is 3. The average Bonchev–Trinajstić information content (AvgIpc) is 3.09. The molecule has 0 spiro atoms. The third kappa shape index (κ3) is 3.85. The molecule has 3 N–H and O–H groups in total. The number of benzene rings is 2. The largest absolute Gasteiger partial charge is 0.497 e. The molecule has 26 heavy (non-hydrogen) atoms. The second kappa shape index (κ2) is 7.74. The van der Waals surface area contributed by atoms with Gasteiger partial charge in [0, 0.05) is 35.6 Å². The molecule has 6 heteroatoms. The average molecular weight is 351 g/mol. The Morgan fingerprint density at radius 3 is 2.65 bits per heavy atom. The number of carbonyl (C=O) groups is 2. The summed E-state index contributed by atoms with van der Waals surface area (Å²) in [5, 5.41) is 6.57. The van der Waals surface area contributed by atoms with Gasteiger partial charge in [-0.3, -0.25) is 9.59 Å². The van der Waals surface area contributed by atoms with Crippen LogP contribution in [0, 0.1) is 0 Å². The molecule has 0 aliphatic heterocycles. The number of ether oxygens (including phenoxy) is 1. The Morgan fingerprint density at radius 1 is 1.04 bits per heavy atom. The van der Waals surface area contributed by atoms with E-state index >= 15 is 0 Å². The highest BCUT2D eigenvalue weighted by Gasteiger charge is 2.11. The normalized spacial score (nSPS) is 10.5. The smallest absolute Gasteiger partial charge is 0.267 e. The lowest BCUT2D eigenvalue weighted by molar-refractivity contribution is 0.0944. The Kier molecular flexibility index (Phi) is 5.22. The van der Waals surface area contributed by atoms with Crippen molar-refractivity contribution in [2.24, 2.45) is 0 Å². The number of fused-ring (bicyclic) bond motifs is 1. The van der Waals surface area contributed by atoms with E-state index in [-0.39, 0.29) is 11.8 Å². The van der Waals surface area contributed by atoms with E-state index in [0.29, 0.717) is 24.3 Å². The molecule has 0 atom stereocenters.